The summed E-state index contributed by atoms with van der Waals surface area (Å²) in [4.78, 5) is 17.6. The monoisotopic (exact) mass is 395 g/mol. The summed E-state index contributed by atoms with van der Waals surface area (Å²) < 4.78 is 5.48. The number of likely N-dealkylation sites (tertiary alicyclic amines) is 2. The van der Waals surface area contributed by atoms with Gasteiger partial charge in [0.2, 0.25) is 5.91 Å². The number of rotatable bonds is 7. The molecule has 4 rings (SSSR count). The third-order valence-electron chi connectivity index (χ3n) is 6.49. The summed E-state index contributed by atoms with van der Waals surface area (Å²) in [6, 6.07) is 15.0. The van der Waals surface area contributed by atoms with E-state index in [4.69, 9.17) is 4.42 Å². The zero-order valence-corrected chi connectivity index (χ0v) is 17.3. The first-order valence-electron chi connectivity index (χ1n) is 11.1. The van der Waals surface area contributed by atoms with Gasteiger partial charge in [-0.2, -0.15) is 0 Å². The minimum absolute atomic E-state index is 0.182. The highest BCUT2D eigenvalue weighted by Gasteiger charge is 2.30. The van der Waals surface area contributed by atoms with Crippen LogP contribution in [0.2, 0.25) is 0 Å². The van der Waals surface area contributed by atoms with Gasteiger partial charge in [-0.25, -0.2) is 0 Å². The lowest BCUT2D eigenvalue weighted by atomic mass is 9.92. The molecule has 1 N–H and O–H groups in total. The molecular formula is C24H33N3O2. The van der Waals surface area contributed by atoms with Crippen molar-refractivity contribution >= 4 is 5.91 Å². The molecule has 29 heavy (non-hydrogen) atoms. The van der Waals surface area contributed by atoms with E-state index < -0.39 is 0 Å². The summed E-state index contributed by atoms with van der Waals surface area (Å²) in [6.45, 7) is 6.03. The lowest BCUT2D eigenvalue weighted by molar-refractivity contribution is -0.126. The van der Waals surface area contributed by atoms with Crippen LogP contribution in [0.25, 0.3) is 0 Å². The van der Waals surface area contributed by atoms with Crippen LogP contribution in [-0.2, 0) is 17.8 Å². The first-order chi connectivity index (χ1) is 14.3. The Bertz CT molecular complexity index is 731. The van der Waals surface area contributed by atoms with Gasteiger partial charge < -0.3 is 14.6 Å². The Balaban J connectivity index is 1.13. The molecule has 0 aliphatic carbocycles. The van der Waals surface area contributed by atoms with Crippen molar-refractivity contribution in [2.24, 2.45) is 5.92 Å². The Hall–Kier alpha value is -2.11. The van der Waals surface area contributed by atoms with Crippen LogP contribution in [0, 0.1) is 5.92 Å². The highest BCUT2D eigenvalue weighted by molar-refractivity contribution is 5.78. The molecule has 2 aliphatic rings. The maximum atomic E-state index is 12.5. The van der Waals surface area contributed by atoms with E-state index in [1.165, 1.54) is 18.4 Å². The van der Waals surface area contributed by atoms with E-state index in [2.05, 4.69) is 33.3 Å². The molecule has 0 bridgehead atoms. The molecular weight excluding hydrogens is 362 g/mol. The van der Waals surface area contributed by atoms with E-state index in [0.29, 0.717) is 6.04 Å². The zero-order valence-electron chi connectivity index (χ0n) is 17.3. The van der Waals surface area contributed by atoms with Crippen molar-refractivity contribution in [3.05, 3.63) is 60.1 Å². The fourth-order valence-electron chi connectivity index (χ4n) is 4.71. The summed E-state index contributed by atoms with van der Waals surface area (Å²) >= 11 is 0. The third-order valence-corrected chi connectivity index (χ3v) is 6.49. The van der Waals surface area contributed by atoms with Gasteiger partial charge in [0.15, 0.2) is 0 Å². The van der Waals surface area contributed by atoms with E-state index in [-0.39, 0.29) is 11.8 Å². The molecule has 2 aliphatic heterocycles. The van der Waals surface area contributed by atoms with Gasteiger partial charge in [-0.05, 0) is 62.9 Å². The van der Waals surface area contributed by atoms with Crippen molar-refractivity contribution in [1.29, 1.82) is 0 Å². The molecule has 0 radical (unpaired) electrons. The number of nitrogens with one attached hydrogen (secondary N) is 1. The SMILES string of the molecule is O=C(NCCc1ccccc1)C1CCN(C2CCN(Cc3ccco3)CC2)CC1. The maximum Gasteiger partial charge on any atom is 0.223 e. The second-order valence-corrected chi connectivity index (χ2v) is 8.42. The van der Waals surface area contributed by atoms with Crippen LogP contribution in [-0.4, -0.2) is 54.5 Å². The Morgan fingerprint density at radius 1 is 0.966 bits per heavy atom. The van der Waals surface area contributed by atoms with Gasteiger partial charge in [0.05, 0.1) is 12.8 Å². The number of hydrogen-bond donors (Lipinski definition) is 1. The normalized spacial score (nSPS) is 20.0. The molecule has 0 saturated carbocycles. The molecule has 0 spiro atoms. The second-order valence-electron chi connectivity index (χ2n) is 8.42. The van der Waals surface area contributed by atoms with Crippen molar-refractivity contribution in [3.63, 3.8) is 0 Å². The van der Waals surface area contributed by atoms with Crippen molar-refractivity contribution in [2.45, 2.75) is 44.7 Å². The third kappa shape index (κ3) is 5.71. The quantitative estimate of drug-likeness (QED) is 0.781. The van der Waals surface area contributed by atoms with Gasteiger partial charge >= 0.3 is 0 Å². The lowest BCUT2D eigenvalue weighted by Gasteiger charge is -2.41. The molecule has 2 fully saturated rings. The summed E-state index contributed by atoms with van der Waals surface area (Å²) in [7, 11) is 0. The number of piperidine rings is 2. The number of amides is 1. The van der Waals surface area contributed by atoms with Gasteiger partial charge in [0.1, 0.15) is 5.76 Å². The van der Waals surface area contributed by atoms with Crippen molar-refractivity contribution in [1.82, 2.24) is 15.1 Å². The molecule has 2 saturated heterocycles. The largest absolute Gasteiger partial charge is 0.468 e. The lowest BCUT2D eigenvalue weighted by Crippen LogP contribution is -2.49. The number of nitrogens with zero attached hydrogens (tertiary/aromatic N) is 2. The molecule has 156 valence electrons. The van der Waals surface area contributed by atoms with Crippen molar-refractivity contribution < 1.29 is 9.21 Å². The van der Waals surface area contributed by atoms with E-state index in [1.54, 1.807) is 6.26 Å². The highest BCUT2D eigenvalue weighted by Crippen LogP contribution is 2.24. The maximum absolute atomic E-state index is 12.5. The minimum atomic E-state index is 0.182. The van der Waals surface area contributed by atoms with E-state index in [9.17, 15) is 4.79 Å². The Morgan fingerprint density at radius 3 is 2.41 bits per heavy atom. The second kappa shape index (κ2) is 10.1. The van der Waals surface area contributed by atoms with Crippen molar-refractivity contribution in [2.75, 3.05) is 32.7 Å². The van der Waals surface area contributed by atoms with Crippen molar-refractivity contribution in [3.8, 4) is 0 Å². The predicted octanol–water partition coefficient (Wildman–Crippen LogP) is 3.31. The number of benzene rings is 1. The summed E-state index contributed by atoms with van der Waals surface area (Å²) in [5.74, 6) is 1.48. The number of carbonyl (C=O) groups excluding carboxylic acids is 1. The summed E-state index contributed by atoms with van der Waals surface area (Å²) in [6.07, 6.45) is 7.07. The summed E-state index contributed by atoms with van der Waals surface area (Å²) in [5.41, 5.74) is 1.28. The van der Waals surface area contributed by atoms with Crippen LogP contribution >= 0.6 is 0 Å². The average molecular weight is 396 g/mol. The molecule has 5 nitrogen and oxygen atoms in total. The fraction of sp³-hybridized carbons (Fsp3) is 0.542. The van der Waals surface area contributed by atoms with Gasteiger partial charge in [0, 0.05) is 31.6 Å². The fourth-order valence-corrected chi connectivity index (χ4v) is 4.71. The van der Waals surface area contributed by atoms with Crippen LogP contribution in [0.5, 0.6) is 0 Å². The number of hydrogen-bond acceptors (Lipinski definition) is 4. The van der Waals surface area contributed by atoms with Gasteiger partial charge in [0.25, 0.3) is 0 Å². The van der Waals surface area contributed by atoms with Gasteiger partial charge in [-0.3, -0.25) is 9.69 Å². The van der Waals surface area contributed by atoms with Crippen LogP contribution in [0.1, 0.15) is 37.0 Å². The summed E-state index contributed by atoms with van der Waals surface area (Å²) in [5, 5.41) is 3.15. The van der Waals surface area contributed by atoms with Crippen LogP contribution < -0.4 is 5.32 Å². The zero-order chi connectivity index (χ0) is 19.9. The molecule has 1 aromatic carbocycles. The van der Waals surface area contributed by atoms with Crippen LogP contribution in [0.4, 0.5) is 0 Å². The van der Waals surface area contributed by atoms with Gasteiger partial charge in [-0.15, -0.1) is 0 Å². The molecule has 0 atom stereocenters. The molecule has 5 heteroatoms. The number of carbonyl (C=O) groups is 1. The molecule has 1 amide bonds. The molecule has 1 aromatic heterocycles. The molecule has 0 unspecified atom stereocenters. The van der Waals surface area contributed by atoms with Crippen LogP contribution in [0.3, 0.4) is 0 Å². The van der Waals surface area contributed by atoms with Gasteiger partial charge in [-0.1, -0.05) is 30.3 Å². The smallest absolute Gasteiger partial charge is 0.223 e. The van der Waals surface area contributed by atoms with E-state index in [1.807, 2.05) is 24.3 Å². The van der Waals surface area contributed by atoms with Crippen LogP contribution in [0.15, 0.2) is 53.1 Å². The molecule has 3 heterocycles. The highest BCUT2D eigenvalue weighted by atomic mass is 16.3. The average Bonchev–Trinajstić information content (AvgIpc) is 3.28. The minimum Gasteiger partial charge on any atom is -0.468 e. The first kappa shape index (κ1) is 20.2. The Kier molecular flexibility index (Phi) is 7.01. The van der Waals surface area contributed by atoms with E-state index >= 15 is 0 Å². The topological polar surface area (TPSA) is 48.7 Å². The standard InChI is InChI=1S/C24H33N3O2/c28-24(25-13-8-20-5-2-1-3-6-20)21-9-16-27(17-10-21)22-11-14-26(15-12-22)19-23-7-4-18-29-23/h1-7,18,21-22H,8-17,19H2,(H,25,28). The van der Waals surface area contributed by atoms with E-state index in [0.717, 1.165) is 64.3 Å². The Morgan fingerprint density at radius 2 is 1.72 bits per heavy atom. The Labute approximate surface area is 174 Å². The molecule has 2 aromatic rings. The predicted molar refractivity (Wildman–Crippen MR) is 114 cm³/mol. The number of furan rings is 1. The first-order valence-corrected chi connectivity index (χ1v) is 11.1.